The average molecular weight is 688 g/mol. The first-order valence-electron chi connectivity index (χ1n) is 15.8. The van der Waals surface area contributed by atoms with Gasteiger partial charge in [-0.1, -0.05) is 25.1 Å². The average Bonchev–Trinajstić information content (AvgIpc) is 3.59. The van der Waals surface area contributed by atoms with Gasteiger partial charge in [-0.3, -0.25) is 14.4 Å². The van der Waals surface area contributed by atoms with Crippen LogP contribution in [0.1, 0.15) is 66.3 Å². The van der Waals surface area contributed by atoms with E-state index in [9.17, 15) is 28.2 Å². The van der Waals surface area contributed by atoms with Crippen molar-refractivity contribution in [1.29, 1.82) is 0 Å². The Morgan fingerprint density at radius 2 is 1.89 bits per heavy atom. The molecule has 0 unspecified atom stereocenters. The van der Waals surface area contributed by atoms with E-state index >= 15 is 0 Å². The zero-order valence-electron chi connectivity index (χ0n) is 27.3. The van der Waals surface area contributed by atoms with E-state index in [1.807, 2.05) is 20.9 Å². The molecule has 1 aliphatic rings. The van der Waals surface area contributed by atoms with Crippen molar-refractivity contribution in [2.24, 2.45) is 5.92 Å². The van der Waals surface area contributed by atoms with Crippen LogP contribution in [0.15, 0.2) is 64.2 Å². The van der Waals surface area contributed by atoms with Crippen LogP contribution >= 0.6 is 11.3 Å². The molecule has 3 N–H and O–H groups in total. The molecule has 13 heteroatoms. The number of likely N-dealkylation sites (N-methyl/N-ethyl adjacent to an activating group) is 1. The normalized spacial score (nSPS) is 20.6. The molecule has 0 aliphatic carbocycles. The van der Waals surface area contributed by atoms with Gasteiger partial charge in [-0.15, -0.1) is 11.3 Å². The molecule has 47 heavy (non-hydrogen) atoms. The number of carboxylic acids is 1. The Morgan fingerprint density at radius 1 is 1.15 bits per heavy atom. The molecule has 4 atom stereocenters. The summed E-state index contributed by atoms with van der Waals surface area (Å²) in [4.78, 5) is 29.3. The van der Waals surface area contributed by atoms with Crippen molar-refractivity contribution in [3.63, 3.8) is 0 Å². The number of carboxylic acid groups (broad SMARTS) is 1. The molecule has 0 saturated heterocycles. The highest BCUT2D eigenvalue weighted by Crippen LogP contribution is 2.30. The zero-order valence-corrected chi connectivity index (χ0v) is 28.9. The number of aliphatic hydroxyl groups excluding tert-OH is 1. The van der Waals surface area contributed by atoms with Crippen LogP contribution in [0.25, 0.3) is 0 Å². The summed E-state index contributed by atoms with van der Waals surface area (Å²) in [6.07, 6.45) is 1.94. The number of fused-ring (bicyclic) bond motifs is 1. The van der Waals surface area contributed by atoms with Crippen molar-refractivity contribution < 1.29 is 37.7 Å². The fraction of sp³-hybridized carbons (Fsp3) is 0.471. The number of hydrogen-bond acceptors (Lipinski definition) is 9. The lowest BCUT2D eigenvalue weighted by Crippen LogP contribution is -2.47. The van der Waals surface area contributed by atoms with Gasteiger partial charge in [0.2, 0.25) is 0 Å². The molecule has 0 saturated carbocycles. The summed E-state index contributed by atoms with van der Waals surface area (Å²) in [5, 5.41) is 21.1. The van der Waals surface area contributed by atoms with Gasteiger partial charge in [-0.05, 0) is 87.5 Å². The maximum Gasteiger partial charge on any atom is 0.335 e. The fourth-order valence-corrected chi connectivity index (χ4v) is 7.55. The van der Waals surface area contributed by atoms with Gasteiger partial charge in [0.25, 0.3) is 15.9 Å². The topological polar surface area (TPSA) is 146 Å². The number of thiophene rings is 1. The van der Waals surface area contributed by atoms with Crippen molar-refractivity contribution in [2.45, 2.75) is 69.0 Å². The van der Waals surface area contributed by atoms with Crippen molar-refractivity contribution in [3.8, 4) is 5.75 Å². The first-order chi connectivity index (χ1) is 22.4. The van der Waals surface area contributed by atoms with Gasteiger partial charge in [-0.2, -0.15) is 0 Å². The molecule has 2 heterocycles. The smallest absolute Gasteiger partial charge is 0.335 e. The second-order valence-electron chi connectivity index (χ2n) is 12.2. The van der Waals surface area contributed by atoms with Gasteiger partial charge in [-0.25, -0.2) is 13.2 Å². The van der Waals surface area contributed by atoms with Crippen LogP contribution in [0.4, 0.5) is 5.69 Å². The van der Waals surface area contributed by atoms with Gasteiger partial charge in [0.05, 0.1) is 36.0 Å². The Bertz CT molecular complexity index is 1580. The van der Waals surface area contributed by atoms with Crippen molar-refractivity contribution >= 4 is 38.9 Å². The van der Waals surface area contributed by atoms with E-state index in [2.05, 4.69) is 9.62 Å². The fourth-order valence-electron chi connectivity index (χ4n) is 5.51. The summed E-state index contributed by atoms with van der Waals surface area (Å²) < 4.78 is 41.4. The summed E-state index contributed by atoms with van der Waals surface area (Å²) in [5.41, 5.74) is 1.63. The maximum atomic E-state index is 14.3. The third kappa shape index (κ3) is 10.0. The van der Waals surface area contributed by atoms with E-state index in [1.54, 1.807) is 59.7 Å². The van der Waals surface area contributed by atoms with E-state index in [0.29, 0.717) is 25.4 Å². The molecule has 3 aromatic rings. The van der Waals surface area contributed by atoms with Gasteiger partial charge in [0.15, 0.2) is 0 Å². The lowest BCUT2D eigenvalue weighted by molar-refractivity contribution is -0.0177. The van der Waals surface area contributed by atoms with E-state index in [4.69, 9.17) is 9.47 Å². The molecule has 2 aromatic carbocycles. The number of hydrogen-bond donors (Lipinski definition) is 3. The molecule has 1 aromatic heterocycles. The van der Waals surface area contributed by atoms with Crippen LogP contribution in [0.2, 0.25) is 0 Å². The van der Waals surface area contributed by atoms with E-state index < -0.39 is 22.0 Å². The SMILES string of the molecule is C[C@@H]1CCCCO[C@H](CN(C)Cc2ccc(C(=O)O)cc2)[C@@H](C)CN([C@H](C)CO)C(=O)c2cc(NS(=O)(=O)c3cccs3)ccc2O1. The number of nitrogens with one attached hydrogen (secondary N) is 1. The first kappa shape index (κ1) is 36.3. The third-order valence-corrected chi connectivity index (χ3v) is 11.0. The Balaban J connectivity index is 1.61. The summed E-state index contributed by atoms with van der Waals surface area (Å²) in [6, 6.07) is 14.1. The standard InChI is InChI=1S/C34H45N3O8S2/c1-23-19-37(24(2)22-38)33(39)29-18-28(35-47(42,43)32-9-7-17-46-32)14-15-30(29)45-25(3)8-5-6-16-44-31(23)21-36(4)20-26-10-12-27(13-11-26)34(40)41/h7,9-15,17-18,23-25,31,35,38H,5-6,8,16,19-22H2,1-4H3,(H,40,41)/t23-,24+,25+,31+/m0/s1. The van der Waals surface area contributed by atoms with E-state index in [-0.39, 0.29) is 58.2 Å². The summed E-state index contributed by atoms with van der Waals surface area (Å²) in [5.74, 6) is -1.15. The lowest BCUT2D eigenvalue weighted by atomic mass is 10.0. The van der Waals surface area contributed by atoms with Crippen LogP contribution in [-0.4, -0.2) is 91.9 Å². The number of nitrogens with zero attached hydrogens (tertiary/aromatic N) is 2. The third-order valence-electron chi connectivity index (χ3n) is 8.21. The number of anilines is 1. The van der Waals surface area contributed by atoms with Gasteiger partial charge < -0.3 is 24.6 Å². The van der Waals surface area contributed by atoms with Gasteiger partial charge >= 0.3 is 5.97 Å². The minimum Gasteiger partial charge on any atom is -0.490 e. The molecule has 256 valence electrons. The van der Waals surface area contributed by atoms with E-state index in [0.717, 1.165) is 36.2 Å². The number of amides is 1. The summed E-state index contributed by atoms with van der Waals surface area (Å²) in [7, 11) is -1.88. The number of aromatic carboxylic acids is 1. The lowest BCUT2D eigenvalue weighted by Gasteiger charge is -2.36. The predicted octanol–water partition coefficient (Wildman–Crippen LogP) is 5.17. The number of carbonyl (C=O) groups is 2. The highest BCUT2D eigenvalue weighted by atomic mass is 32.2. The molecular formula is C34H45N3O8S2. The number of benzene rings is 2. The Kier molecular flexibility index (Phi) is 12.8. The predicted molar refractivity (Wildman–Crippen MR) is 182 cm³/mol. The number of carbonyl (C=O) groups excluding carboxylic acids is 1. The molecule has 0 spiro atoms. The molecule has 1 amide bonds. The summed E-state index contributed by atoms with van der Waals surface area (Å²) in [6.45, 7) is 7.39. The number of aliphatic hydroxyl groups is 1. The van der Waals surface area contributed by atoms with Crippen LogP contribution in [0.5, 0.6) is 5.75 Å². The largest absolute Gasteiger partial charge is 0.490 e. The minimum absolute atomic E-state index is 0.142. The molecular weight excluding hydrogens is 643 g/mol. The Labute approximate surface area is 281 Å². The molecule has 0 radical (unpaired) electrons. The first-order valence-corrected chi connectivity index (χ1v) is 18.2. The van der Waals surface area contributed by atoms with Crippen molar-refractivity contribution in [2.75, 3.05) is 38.1 Å². The number of sulfonamides is 1. The molecule has 0 fully saturated rings. The number of rotatable bonds is 10. The van der Waals surface area contributed by atoms with Crippen LogP contribution < -0.4 is 9.46 Å². The Hall–Kier alpha value is -3.49. The highest BCUT2D eigenvalue weighted by Gasteiger charge is 2.31. The molecule has 1 aliphatic heterocycles. The molecule has 11 nitrogen and oxygen atoms in total. The van der Waals surface area contributed by atoms with Crippen LogP contribution in [-0.2, 0) is 21.3 Å². The second kappa shape index (κ2) is 16.6. The quantitative estimate of drug-likeness (QED) is 0.263. The second-order valence-corrected chi connectivity index (χ2v) is 15.1. The highest BCUT2D eigenvalue weighted by molar-refractivity contribution is 7.94. The van der Waals surface area contributed by atoms with Crippen molar-refractivity contribution in [3.05, 3.63) is 76.7 Å². The minimum atomic E-state index is -3.85. The zero-order chi connectivity index (χ0) is 34.1. The monoisotopic (exact) mass is 687 g/mol. The van der Waals surface area contributed by atoms with Crippen molar-refractivity contribution in [1.82, 2.24) is 9.80 Å². The number of ether oxygens (including phenoxy) is 2. The molecule has 4 rings (SSSR count). The Morgan fingerprint density at radius 3 is 2.55 bits per heavy atom. The maximum absolute atomic E-state index is 14.3. The van der Waals surface area contributed by atoms with Crippen LogP contribution in [0, 0.1) is 5.92 Å². The van der Waals surface area contributed by atoms with E-state index in [1.165, 1.54) is 12.1 Å². The van der Waals surface area contributed by atoms with Gasteiger partial charge in [0.1, 0.15) is 9.96 Å². The van der Waals surface area contributed by atoms with Crippen LogP contribution in [0.3, 0.4) is 0 Å². The summed E-state index contributed by atoms with van der Waals surface area (Å²) >= 11 is 1.10. The molecule has 0 bridgehead atoms. The van der Waals surface area contributed by atoms with Gasteiger partial charge in [0, 0.05) is 37.8 Å².